The van der Waals surface area contributed by atoms with Crippen molar-refractivity contribution in [2.24, 2.45) is 0 Å². The molecule has 0 radical (unpaired) electrons. The topological polar surface area (TPSA) is 52.5 Å². The molecule has 19 heavy (non-hydrogen) atoms. The van der Waals surface area contributed by atoms with Crippen LogP contribution in [0.15, 0.2) is 40.9 Å². The predicted molar refractivity (Wildman–Crippen MR) is 81.0 cm³/mol. The molecule has 0 spiro atoms. The van der Waals surface area contributed by atoms with Crippen molar-refractivity contribution in [2.75, 3.05) is 5.32 Å². The van der Waals surface area contributed by atoms with Crippen LogP contribution in [0.5, 0.6) is 11.5 Å². The van der Waals surface area contributed by atoms with E-state index in [4.69, 9.17) is 11.6 Å². The van der Waals surface area contributed by atoms with Crippen LogP contribution in [0.2, 0.25) is 5.02 Å². The Hall–Kier alpha value is -1.39. The van der Waals surface area contributed by atoms with Crippen LogP contribution in [0.1, 0.15) is 18.5 Å². The van der Waals surface area contributed by atoms with Crippen LogP contribution in [0.3, 0.4) is 0 Å². The second-order valence-electron chi connectivity index (χ2n) is 4.28. The van der Waals surface area contributed by atoms with Crippen molar-refractivity contribution in [3.63, 3.8) is 0 Å². The van der Waals surface area contributed by atoms with Gasteiger partial charge in [-0.1, -0.05) is 11.6 Å². The largest absolute Gasteiger partial charge is 0.508 e. The second-order valence-corrected chi connectivity index (χ2v) is 5.54. The number of phenols is 2. The molecular formula is C14H13BrClNO2. The first kappa shape index (κ1) is 14.0. The number of anilines is 1. The molecule has 100 valence electrons. The minimum absolute atomic E-state index is 0.0425. The van der Waals surface area contributed by atoms with Gasteiger partial charge in [-0.2, -0.15) is 0 Å². The molecule has 0 aliphatic carbocycles. The number of halogens is 2. The molecule has 3 nitrogen and oxygen atoms in total. The molecule has 2 aromatic rings. The highest BCUT2D eigenvalue weighted by Gasteiger charge is 2.09. The van der Waals surface area contributed by atoms with Crippen LogP contribution in [0.4, 0.5) is 5.69 Å². The highest BCUT2D eigenvalue weighted by Crippen LogP contribution is 2.30. The van der Waals surface area contributed by atoms with Gasteiger partial charge in [-0.3, -0.25) is 0 Å². The molecule has 5 heteroatoms. The van der Waals surface area contributed by atoms with Crippen LogP contribution < -0.4 is 5.32 Å². The van der Waals surface area contributed by atoms with E-state index in [1.165, 1.54) is 6.07 Å². The fourth-order valence-electron chi connectivity index (χ4n) is 1.79. The molecular weight excluding hydrogens is 330 g/mol. The third-order valence-corrected chi connectivity index (χ3v) is 3.94. The monoisotopic (exact) mass is 341 g/mol. The summed E-state index contributed by atoms with van der Waals surface area (Å²) in [6.45, 7) is 1.94. The molecule has 2 aromatic carbocycles. The summed E-state index contributed by atoms with van der Waals surface area (Å²) in [5, 5.41) is 22.9. The number of benzene rings is 2. The second kappa shape index (κ2) is 5.72. The van der Waals surface area contributed by atoms with Crippen molar-refractivity contribution in [1.29, 1.82) is 0 Å². The summed E-state index contributed by atoms with van der Waals surface area (Å²) >= 11 is 9.30. The van der Waals surface area contributed by atoms with Crippen LogP contribution in [0.25, 0.3) is 0 Å². The summed E-state index contributed by atoms with van der Waals surface area (Å²) in [7, 11) is 0. The fourth-order valence-corrected chi connectivity index (χ4v) is 2.28. The van der Waals surface area contributed by atoms with Gasteiger partial charge in [0.25, 0.3) is 0 Å². The van der Waals surface area contributed by atoms with Crippen LogP contribution in [-0.4, -0.2) is 10.2 Å². The van der Waals surface area contributed by atoms with Crippen molar-refractivity contribution < 1.29 is 10.2 Å². The molecule has 0 aliphatic rings. The van der Waals surface area contributed by atoms with Gasteiger partial charge >= 0.3 is 0 Å². The highest BCUT2D eigenvalue weighted by atomic mass is 79.9. The Labute approximate surface area is 125 Å². The molecule has 0 fully saturated rings. The van der Waals surface area contributed by atoms with Crippen molar-refractivity contribution in [3.8, 4) is 11.5 Å². The first-order valence-corrected chi connectivity index (χ1v) is 6.87. The summed E-state index contributed by atoms with van der Waals surface area (Å²) in [4.78, 5) is 0. The van der Waals surface area contributed by atoms with Gasteiger partial charge in [0.1, 0.15) is 11.5 Å². The number of aromatic hydroxyl groups is 2. The van der Waals surface area contributed by atoms with Gasteiger partial charge in [-0.25, -0.2) is 0 Å². The molecule has 0 saturated carbocycles. The summed E-state index contributed by atoms with van der Waals surface area (Å²) in [6, 6.07) is 10.00. The molecule has 0 heterocycles. The summed E-state index contributed by atoms with van der Waals surface area (Å²) < 4.78 is 0.810. The highest BCUT2D eigenvalue weighted by molar-refractivity contribution is 9.10. The minimum atomic E-state index is -0.0638. The number of phenolic OH excluding ortho intramolecular Hbond substituents is 2. The average Bonchev–Trinajstić information content (AvgIpc) is 2.32. The maximum absolute atomic E-state index is 9.48. The fraction of sp³-hybridized carbons (Fsp3) is 0.143. The normalized spacial score (nSPS) is 12.2. The Morgan fingerprint density at radius 2 is 1.74 bits per heavy atom. The minimum Gasteiger partial charge on any atom is -0.508 e. The van der Waals surface area contributed by atoms with E-state index in [1.807, 2.05) is 19.1 Å². The standard InChI is InChI=1S/C14H13BrClNO2/c1-8(9-4-11(18)7-12(19)5-9)17-10-2-3-14(16)13(15)6-10/h2-8,17-19H,1H3. The van der Waals surface area contributed by atoms with Crippen LogP contribution in [-0.2, 0) is 0 Å². The maximum Gasteiger partial charge on any atom is 0.119 e. The molecule has 2 rings (SSSR count). The van der Waals surface area contributed by atoms with E-state index in [0.29, 0.717) is 5.02 Å². The average molecular weight is 343 g/mol. The van der Waals surface area contributed by atoms with Crippen LogP contribution in [0, 0.1) is 0 Å². The van der Waals surface area contributed by atoms with Crippen molar-refractivity contribution >= 4 is 33.2 Å². The van der Waals surface area contributed by atoms with Crippen molar-refractivity contribution in [3.05, 3.63) is 51.5 Å². The quantitative estimate of drug-likeness (QED) is 0.758. The SMILES string of the molecule is CC(Nc1ccc(Cl)c(Br)c1)c1cc(O)cc(O)c1. The molecule has 1 unspecified atom stereocenters. The third kappa shape index (κ3) is 3.55. The zero-order valence-corrected chi connectivity index (χ0v) is 12.5. The van der Waals surface area contributed by atoms with Gasteiger partial charge in [0.05, 0.1) is 5.02 Å². The number of rotatable bonds is 3. The number of hydrogen-bond donors (Lipinski definition) is 3. The van der Waals surface area contributed by atoms with E-state index in [1.54, 1.807) is 18.2 Å². The molecule has 0 bridgehead atoms. The molecule has 1 atom stereocenters. The van der Waals surface area contributed by atoms with Gasteiger partial charge in [0.2, 0.25) is 0 Å². The number of hydrogen-bond acceptors (Lipinski definition) is 3. The van der Waals surface area contributed by atoms with Gasteiger partial charge in [0, 0.05) is 22.3 Å². The van der Waals surface area contributed by atoms with Gasteiger partial charge < -0.3 is 15.5 Å². The zero-order chi connectivity index (χ0) is 14.0. The lowest BCUT2D eigenvalue weighted by molar-refractivity contribution is 0.448. The van der Waals surface area contributed by atoms with Crippen LogP contribution >= 0.6 is 27.5 Å². The first-order chi connectivity index (χ1) is 8.95. The predicted octanol–water partition coefficient (Wildman–Crippen LogP) is 4.69. The Kier molecular flexibility index (Phi) is 4.22. The zero-order valence-electron chi connectivity index (χ0n) is 10.2. The molecule has 0 aliphatic heterocycles. The lowest BCUT2D eigenvalue weighted by Crippen LogP contribution is -2.06. The van der Waals surface area contributed by atoms with Crippen molar-refractivity contribution in [1.82, 2.24) is 0 Å². The lowest BCUT2D eigenvalue weighted by atomic mass is 10.1. The number of nitrogens with one attached hydrogen (secondary N) is 1. The Morgan fingerprint density at radius 1 is 1.11 bits per heavy atom. The first-order valence-electron chi connectivity index (χ1n) is 5.70. The van der Waals surface area contributed by atoms with E-state index < -0.39 is 0 Å². The van der Waals surface area contributed by atoms with E-state index in [-0.39, 0.29) is 17.5 Å². The van der Waals surface area contributed by atoms with Gasteiger partial charge in [-0.15, -0.1) is 0 Å². The summed E-state index contributed by atoms with van der Waals surface area (Å²) in [5.74, 6) is 0.0851. The van der Waals surface area contributed by atoms with Crippen molar-refractivity contribution in [2.45, 2.75) is 13.0 Å². The summed E-state index contributed by atoms with van der Waals surface area (Å²) in [6.07, 6.45) is 0. The summed E-state index contributed by atoms with van der Waals surface area (Å²) in [5.41, 5.74) is 1.69. The molecule has 0 amide bonds. The van der Waals surface area contributed by atoms with Gasteiger partial charge in [-0.05, 0) is 58.7 Å². The van der Waals surface area contributed by atoms with E-state index >= 15 is 0 Å². The smallest absolute Gasteiger partial charge is 0.119 e. The van der Waals surface area contributed by atoms with Gasteiger partial charge in [0.15, 0.2) is 0 Å². The Balaban J connectivity index is 2.20. The molecule has 0 saturated heterocycles. The maximum atomic E-state index is 9.48. The molecule has 3 N–H and O–H groups in total. The van der Waals surface area contributed by atoms with E-state index in [0.717, 1.165) is 15.7 Å². The van der Waals surface area contributed by atoms with E-state index in [2.05, 4.69) is 21.2 Å². The third-order valence-electron chi connectivity index (χ3n) is 2.73. The lowest BCUT2D eigenvalue weighted by Gasteiger charge is -2.16. The Morgan fingerprint density at radius 3 is 2.32 bits per heavy atom. The Bertz CT molecular complexity index is 584. The van der Waals surface area contributed by atoms with E-state index in [9.17, 15) is 10.2 Å². The molecule has 0 aromatic heterocycles.